The van der Waals surface area contributed by atoms with Crippen LogP contribution in [0.1, 0.15) is 32.1 Å². The van der Waals surface area contributed by atoms with Crippen LogP contribution in [-0.2, 0) is 4.74 Å². The number of carbonyl (C=O) groups is 1. The van der Waals surface area contributed by atoms with E-state index in [0.29, 0.717) is 5.92 Å². The molecule has 0 amide bonds. The number of hydrogen-bond donors (Lipinski definition) is 1. The van der Waals surface area contributed by atoms with E-state index in [1.807, 2.05) is 0 Å². The van der Waals surface area contributed by atoms with Gasteiger partial charge in [0.05, 0.1) is 0 Å². The van der Waals surface area contributed by atoms with Crippen LogP contribution in [0.5, 0.6) is 0 Å². The quantitative estimate of drug-likeness (QED) is 0.655. The fraction of sp³-hybridized carbons (Fsp3) is 0.909. The van der Waals surface area contributed by atoms with Gasteiger partial charge in [-0.1, -0.05) is 6.42 Å². The molecule has 0 spiro atoms. The Hall–Kier alpha value is -0.730. The van der Waals surface area contributed by atoms with Crippen LogP contribution in [0.15, 0.2) is 0 Å². The number of carboxylic acid groups (broad SMARTS) is 1. The molecular formula is C11H16O3. The van der Waals surface area contributed by atoms with Crippen molar-refractivity contribution in [1.82, 2.24) is 0 Å². The van der Waals surface area contributed by atoms with Crippen molar-refractivity contribution in [3.63, 3.8) is 0 Å². The predicted molar refractivity (Wildman–Crippen MR) is 49.9 cm³/mol. The Morgan fingerprint density at radius 3 is 2.71 bits per heavy atom. The van der Waals surface area contributed by atoms with Gasteiger partial charge in [-0.25, -0.2) is 4.79 Å². The summed E-state index contributed by atoms with van der Waals surface area (Å²) in [6.45, 7) is 0. The minimum Gasteiger partial charge on any atom is -0.450 e. The molecule has 0 heterocycles. The number of ether oxygens (including phenoxy) is 1. The summed E-state index contributed by atoms with van der Waals surface area (Å²) in [6.07, 6.45) is 5.21. The SMILES string of the molecule is O=C(O)OC1CC2CC1C1CCCC21. The van der Waals surface area contributed by atoms with Crippen LogP contribution in [0, 0.1) is 23.7 Å². The first-order valence-corrected chi connectivity index (χ1v) is 5.65. The lowest BCUT2D eigenvalue weighted by atomic mass is 9.80. The molecule has 3 saturated carbocycles. The first-order valence-electron chi connectivity index (χ1n) is 5.65. The maximum atomic E-state index is 10.5. The van der Waals surface area contributed by atoms with Crippen LogP contribution in [0.25, 0.3) is 0 Å². The van der Waals surface area contributed by atoms with E-state index in [-0.39, 0.29) is 6.10 Å². The maximum Gasteiger partial charge on any atom is 0.506 e. The second-order valence-corrected chi connectivity index (χ2v) is 5.08. The molecule has 3 nitrogen and oxygen atoms in total. The van der Waals surface area contributed by atoms with Gasteiger partial charge in [0.2, 0.25) is 0 Å². The van der Waals surface area contributed by atoms with Crippen molar-refractivity contribution < 1.29 is 14.6 Å². The van der Waals surface area contributed by atoms with Crippen molar-refractivity contribution in [2.24, 2.45) is 23.7 Å². The zero-order valence-corrected chi connectivity index (χ0v) is 8.19. The van der Waals surface area contributed by atoms with E-state index < -0.39 is 6.16 Å². The Labute approximate surface area is 83.4 Å². The summed E-state index contributed by atoms with van der Waals surface area (Å²) in [5, 5.41) is 8.62. The summed E-state index contributed by atoms with van der Waals surface area (Å²) in [7, 11) is 0. The maximum absolute atomic E-state index is 10.5. The van der Waals surface area contributed by atoms with E-state index in [2.05, 4.69) is 0 Å². The van der Waals surface area contributed by atoms with Crippen LogP contribution in [0.2, 0.25) is 0 Å². The second-order valence-electron chi connectivity index (χ2n) is 5.08. The van der Waals surface area contributed by atoms with Crippen LogP contribution in [-0.4, -0.2) is 17.4 Å². The highest BCUT2D eigenvalue weighted by atomic mass is 16.7. The van der Waals surface area contributed by atoms with Gasteiger partial charge < -0.3 is 9.84 Å². The number of fused-ring (bicyclic) bond motifs is 5. The summed E-state index contributed by atoms with van der Waals surface area (Å²) >= 11 is 0. The minimum atomic E-state index is -1.09. The van der Waals surface area contributed by atoms with Crippen LogP contribution in [0.3, 0.4) is 0 Å². The van der Waals surface area contributed by atoms with Gasteiger partial charge in [0.25, 0.3) is 0 Å². The highest BCUT2D eigenvalue weighted by Gasteiger charge is 2.55. The van der Waals surface area contributed by atoms with Crippen molar-refractivity contribution in [2.75, 3.05) is 0 Å². The molecule has 3 fully saturated rings. The van der Waals surface area contributed by atoms with E-state index >= 15 is 0 Å². The van der Waals surface area contributed by atoms with Crippen molar-refractivity contribution in [3.05, 3.63) is 0 Å². The summed E-state index contributed by atoms with van der Waals surface area (Å²) in [4.78, 5) is 10.5. The first-order chi connectivity index (χ1) is 6.75. The molecule has 14 heavy (non-hydrogen) atoms. The van der Waals surface area contributed by atoms with E-state index in [1.165, 1.54) is 25.7 Å². The number of rotatable bonds is 1. The molecule has 0 aromatic rings. The molecule has 2 bridgehead atoms. The molecule has 5 unspecified atom stereocenters. The van der Waals surface area contributed by atoms with E-state index in [4.69, 9.17) is 9.84 Å². The fourth-order valence-electron chi connectivity index (χ4n) is 4.27. The van der Waals surface area contributed by atoms with Crippen molar-refractivity contribution in [2.45, 2.75) is 38.2 Å². The summed E-state index contributed by atoms with van der Waals surface area (Å²) in [6, 6.07) is 0. The molecule has 0 saturated heterocycles. The highest BCUT2D eigenvalue weighted by Crippen LogP contribution is 2.59. The molecule has 5 atom stereocenters. The lowest BCUT2D eigenvalue weighted by molar-refractivity contribution is 0.00633. The largest absolute Gasteiger partial charge is 0.506 e. The first kappa shape index (κ1) is 8.57. The Kier molecular flexibility index (Phi) is 1.76. The normalized spacial score (nSPS) is 49.3. The van der Waals surface area contributed by atoms with Crippen molar-refractivity contribution in [1.29, 1.82) is 0 Å². The Balaban J connectivity index is 1.73. The topological polar surface area (TPSA) is 46.5 Å². The van der Waals surface area contributed by atoms with Crippen LogP contribution >= 0.6 is 0 Å². The number of hydrogen-bond acceptors (Lipinski definition) is 2. The lowest BCUT2D eigenvalue weighted by Gasteiger charge is -2.30. The van der Waals surface area contributed by atoms with Gasteiger partial charge in [0.1, 0.15) is 6.10 Å². The van der Waals surface area contributed by atoms with Gasteiger partial charge >= 0.3 is 6.16 Å². The third kappa shape index (κ3) is 1.07. The van der Waals surface area contributed by atoms with E-state index in [9.17, 15) is 4.79 Å². The zero-order valence-electron chi connectivity index (χ0n) is 8.19. The van der Waals surface area contributed by atoms with Gasteiger partial charge in [0, 0.05) is 0 Å². The van der Waals surface area contributed by atoms with Gasteiger partial charge in [-0.15, -0.1) is 0 Å². The van der Waals surface area contributed by atoms with Gasteiger partial charge in [0.15, 0.2) is 0 Å². The monoisotopic (exact) mass is 196 g/mol. The minimum absolute atomic E-state index is 0.0249. The van der Waals surface area contributed by atoms with E-state index in [0.717, 1.165) is 24.2 Å². The third-order valence-corrected chi connectivity index (χ3v) is 4.62. The molecule has 3 heteroatoms. The third-order valence-electron chi connectivity index (χ3n) is 4.62. The van der Waals surface area contributed by atoms with Gasteiger partial charge in [-0.05, 0) is 49.4 Å². The lowest BCUT2D eigenvalue weighted by Crippen LogP contribution is -2.31. The summed E-state index contributed by atoms with van der Waals surface area (Å²) in [5.41, 5.74) is 0. The molecule has 0 aliphatic heterocycles. The molecule has 3 aliphatic rings. The smallest absolute Gasteiger partial charge is 0.450 e. The summed E-state index contributed by atoms with van der Waals surface area (Å²) < 4.78 is 4.97. The molecule has 78 valence electrons. The Bertz CT molecular complexity index is 263. The molecule has 0 radical (unpaired) electrons. The molecule has 0 aromatic carbocycles. The van der Waals surface area contributed by atoms with Gasteiger partial charge in [-0.2, -0.15) is 0 Å². The average Bonchev–Trinajstić information content (AvgIpc) is 2.68. The summed E-state index contributed by atoms with van der Waals surface area (Å²) in [5.74, 6) is 3.03. The Morgan fingerprint density at radius 2 is 1.93 bits per heavy atom. The van der Waals surface area contributed by atoms with Crippen LogP contribution < -0.4 is 0 Å². The molecule has 0 aromatic heterocycles. The molecule has 1 N–H and O–H groups in total. The molecular weight excluding hydrogens is 180 g/mol. The predicted octanol–water partition coefficient (Wildman–Crippen LogP) is 2.51. The highest BCUT2D eigenvalue weighted by molar-refractivity contribution is 5.57. The van der Waals surface area contributed by atoms with E-state index in [1.54, 1.807) is 0 Å². The fourth-order valence-corrected chi connectivity index (χ4v) is 4.27. The average molecular weight is 196 g/mol. The standard InChI is InChI=1S/C11H16O3/c12-11(13)14-10-5-6-4-9(10)8-3-1-2-7(6)8/h6-10H,1-5H2,(H,12,13). The van der Waals surface area contributed by atoms with Gasteiger partial charge in [-0.3, -0.25) is 0 Å². The molecule has 3 aliphatic carbocycles. The Morgan fingerprint density at radius 1 is 1.14 bits per heavy atom. The van der Waals surface area contributed by atoms with Crippen LogP contribution in [0.4, 0.5) is 4.79 Å². The van der Waals surface area contributed by atoms with Crippen molar-refractivity contribution in [3.8, 4) is 0 Å². The second kappa shape index (κ2) is 2.88. The van der Waals surface area contributed by atoms with Crippen molar-refractivity contribution >= 4 is 6.16 Å². The zero-order chi connectivity index (χ0) is 9.71. The molecule has 3 rings (SSSR count).